The van der Waals surface area contributed by atoms with Crippen molar-refractivity contribution in [3.05, 3.63) is 71.8 Å². The Balaban J connectivity index is 1.92. The summed E-state index contributed by atoms with van der Waals surface area (Å²) in [4.78, 5) is 1.98. The number of nitrogens with one attached hydrogen (secondary N) is 1. The summed E-state index contributed by atoms with van der Waals surface area (Å²) in [7, 11) is 0. The van der Waals surface area contributed by atoms with E-state index in [-0.39, 0.29) is 6.61 Å². The maximum Gasteiger partial charge on any atom is 0.169 e. The summed E-state index contributed by atoms with van der Waals surface area (Å²) in [5.41, 5.74) is 2.36. The van der Waals surface area contributed by atoms with Crippen molar-refractivity contribution in [3.63, 3.8) is 0 Å². The van der Waals surface area contributed by atoms with Crippen LogP contribution >= 0.6 is 12.2 Å². The highest BCUT2D eigenvalue weighted by Crippen LogP contribution is 2.05. The molecule has 4 heteroatoms. The monoisotopic (exact) mass is 300 g/mol. The first-order valence-electron chi connectivity index (χ1n) is 7.01. The summed E-state index contributed by atoms with van der Waals surface area (Å²) < 4.78 is 0. The maximum absolute atomic E-state index is 9.22. The van der Waals surface area contributed by atoms with E-state index in [0.29, 0.717) is 24.7 Å². The smallest absolute Gasteiger partial charge is 0.169 e. The van der Waals surface area contributed by atoms with Gasteiger partial charge in [-0.3, -0.25) is 0 Å². The van der Waals surface area contributed by atoms with E-state index in [1.165, 1.54) is 11.1 Å². The molecule has 2 rings (SSSR count). The van der Waals surface area contributed by atoms with Gasteiger partial charge in [-0.2, -0.15) is 0 Å². The van der Waals surface area contributed by atoms with Gasteiger partial charge in [0.05, 0.1) is 6.61 Å². The molecule has 0 radical (unpaired) electrons. The highest BCUT2D eigenvalue weighted by atomic mass is 32.1. The van der Waals surface area contributed by atoms with Crippen molar-refractivity contribution < 1.29 is 5.11 Å². The third-order valence-corrected chi connectivity index (χ3v) is 3.56. The molecule has 0 amide bonds. The Bertz CT molecular complexity index is 545. The average Bonchev–Trinajstić information content (AvgIpc) is 2.54. The molecule has 21 heavy (non-hydrogen) atoms. The highest BCUT2D eigenvalue weighted by Gasteiger charge is 2.09. The van der Waals surface area contributed by atoms with Crippen LogP contribution in [0.4, 0.5) is 0 Å². The van der Waals surface area contributed by atoms with Gasteiger partial charge in [-0.1, -0.05) is 60.7 Å². The average molecular weight is 300 g/mol. The van der Waals surface area contributed by atoms with E-state index in [1.807, 2.05) is 41.3 Å². The van der Waals surface area contributed by atoms with Gasteiger partial charge in [0.15, 0.2) is 5.11 Å². The lowest BCUT2D eigenvalue weighted by molar-refractivity contribution is 0.245. The minimum atomic E-state index is 0.0833. The Morgan fingerprint density at radius 3 is 2.10 bits per heavy atom. The fraction of sp³-hybridized carbons (Fsp3) is 0.235. The fourth-order valence-electron chi connectivity index (χ4n) is 2.06. The molecule has 2 aromatic rings. The minimum absolute atomic E-state index is 0.0833. The van der Waals surface area contributed by atoms with Crippen LogP contribution in [0.3, 0.4) is 0 Å². The first-order valence-corrected chi connectivity index (χ1v) is 7.42. The summed E-state index contributed by atoms with van der Waals surface area (Å²) >= 11 is 5.44. The molecule has 0 spiro atoms. The van der Waals surface area contributed by atoms with Crippen molar-refractivity contribution in [3.8, 4) is 0 Å². The van der Waals surface area contributed by atoms with E-state index in [0.717, 1.165) is 0 Å². The molecule has 0 aliphatic heterocycles. The van der Waals surface area contributed by atoms with Gasteiger partial charge in [0.2, 0.25) is 0 Å². The van der Waals surface area contributed by atoms with Crippen molar-refractivity contribution in [1.82, 2.24) is 10.2 Å². The topological polar surface area (TPSA) is 35.5 Å². The SMILES string of the molecule is OCCN(Cc1ccccc1)C(=S)NCc1ccccc1. The van der Waals surface area contributed by atoms with Gasteiger partial charge in [-0.25, -0.2) is 0 Å². The number of hydrogen-bond donors (Lipinski definition) is 2. The molecule has 110 valence electrons. The number of aliphatic hydroxyl groups excluding tert-OH is 1. The number of benzene rings is 2. The van der Waals surface area contributed by atoms with Gasteiger partial charge in [0.25, 0.3) is 0 Å². The zero-order valence-electron chi connectivity index (χ0n) is 11.9. The minimum Gasteiger partial charge on any atom is -0.395 e. The van der Waals surface area contributed by atoms with Gasteiger partial charge in [0, 0.05) is 19.6 Å². The third-order valence-electron chi connectivity index (χ3n) is 3.16. The summed E-state index contributed by atoms with van der Waals surface area (Å²) in [5, 5.41) is 13.1. The summed E-state index contributed by atoms with van der Waals surface area (Å²) in [6.45, 7) is 1.99. The van der Waals surface area contributed by atoms with E-state index in [4.69, 9.17) is 12.2 Å². The molecule has 3 nitrogen and oxygen atoms in total. The summed E-state index contributed by atoms with van der Waals surface area (Å²) in [6.07, 6.45) is 0. The number of hydrogen-bond acceptors (Lipinski definition) is 2. The summed E-state index contributed by atoms with van der Waals surface area (Å²) in [5.74, 6) is 0. The van der Waals surface area contributed by atoms with Gasteiger partial charge >= 0.3 is 0 Å². The number of aliphatic hydroxyl groups is 1. The van der Waals surface area contributed by atoms with Gasteiger partial charge in [-0.15, -0.1) is 0 Å². The van der Waals surface area contributed by atoms with E-state index in [1.54, 1.807) is 0 Å². The molecule has 2 aromatic carbocycles. The predicted molar refractivity (Wildman–Crippen MR) is 89.8 cm³/mol. The lowest BCUT2D eigenvalue weighted by atomic mass is 10.2. The number of thiocarbonyl (C=S) groups is 1. The van der Waals surface area contributed by atoms with Crippen LogP contribution in [0.1, 0.15) is 11.1 Å². The van der Waals surface area contributed by atoms with Crippen LogP contribution in [0.15, 0.2) is 60.7 Å². The number of nitrogens with zero attached hydrogens (tertiary/aromatic N) is 1. The molecule has 2 N–H and O–H groups in total. The van der Waals surface area contributed by atoms with Crippen LogP contribution in [-0.4, -0.2) is 28.3 Å². The second-order valence-corrected chi connectivity index (χ2v) is 5.16. The van der Waals surface area contributed by atoms with Gasteiger partial charge in [0.1, 0.15) is 0 Å². The molecule has 0 bridgehead atoms. The van der Waals surface area contributed by atoms with E-state index in [9.17, 15) is 5.11 Å². The summed E-state index contributed by atoms with van der Waals surface area (Å²) in [6, 6.07) is 20.3. The van der Waals surface area contributed by atoms with Crippen LogP contribution < -0.4 is 5.32 Å². The zero-order chi connectivity index (χ0) is 14.9. The Hall–Kier alpha value is -1.91. The Morgan fingerprint density at radius 2 is 1.52 bits per heavy atom. The molecule has 0 heterocycles. The second kappa shape index (κ2) is 8.39. The van der Waals surface area contributed by atoms with Gasteiger partial charge in [-0.05, 0) is 23.3 Å². The highest BCUT2D eigenvalue weighted by molar-refractivity contribution is 7.80. The van der Waals surface area contributed by atoms with Crippen molar-refractivity contribution in [1.29, 1.82) is 0 Å². The molecule has 0 saturated heterocycles. The van der Waals surface area contributed by atoms with E-state index in [2.05, 4.69) is 29.6 Å². The first-order chi connectivity index (χ1) is 10.3. The first kappa shape index (κ1) is 15.5. The molecule has 0 saturated carbocycles. The third kappa shape index (κ3) is 5.17. The van der Waals surface area contributed by atoms with Crippen LogP contribution in [0, 0.1) is 0 Å². The molecular formula is C17H20N2OS. The Kier molecular flexibility index (Phi) is 6.19. The molecular weight excluding hydrogens is 280 g/mol. The van der Waals surface area contributed by atoms with E-state index >= 15 is 0 Å². The van der Waals surface area contributed by atoms with Gasteiger partial charge < -0.3 is 15.3 Å². The Labute approximate surface area is 131 Å². The van der Waals surface area contributed by atoms with Crippen molar-refractivity contribution >= 4 is 17.3 Å². The lowest BCUT2D eigenvalue weighted by Gasteiger charge is -2.25. The quantitative estimate of drug-likeness (QED) is 0.804. The predicted octanol–water partition coefficient (Wildman–Crippen LogP) is 2.56. The molecule has 0 aliphatic rings. The van der Waals surface area contributed by atoms with Crippen LogP contribution in [0.2, 0.25) is 0 Å². The standard InChI is InChI=1S/C17H20N2OS/c20-12-11-19(14-16-9-5-2-6-10-16)17(21)18-13-15-7-3-1-4-8-15/h1-10,20H,11-14H2,(H,18,21). The number of rotatable bonds is 6. The van der Waals surface area contributed by atoms with Crippen molar-refractivity contribution in [2.75, 3.05) is 13.2 Å². The molecule has 0 fully saturated rings. The van der Waals surface area contributed by atoms with E-state index < -0.39 is 0 Å². The Morgan fingerprint density at radius 1 is 0.952 bits per heavy atom. The lowest BCUT2D eigenvalue weighted by Crippen LogP contribution is -2.40. The van der Waals surface area contributed by atoms with Crippen molar-refractivity contribution in [2.24, 2.45) is 0 Å². The van der Waals surface area contributed by atoms with Crippen LogP contribution in [0.25, 0.3) is 0 Å². The fourth-order valence-corrected chi connectivity index (χ4v) is 2.29. The molecule has 0 atom stereocenters. The zero-order valence-corrected chi connectivity index (χ0v) is 12.7. The maximum atomic E-state index is 9.22. The second-order valence-electron chi connectivity index (χ2n) is 4.78. The van der Waals surface area contributed by atoms with Crippen molar-refractivity contribution in [2.45, 2.75) is 13.1 Å². The van der Waals surface area contributed by atoms with Crippen LogP contribution in [-0.2, 0) is 13.1 Å². The molecule has 0 unspecified atom stereocenters. The normalized spacial score (nSPS) is 10.1. The largest absolute Gasteiger partial charge is 0.395 e. The molecule has 0 aromatic heterocycles. The van der Waals surface area contributed by atoms with Crippen LogP contribution in [0.5, 0.6) is 0 Å². The molecule has 0 aliphatic carbocycles.